The molecule has 0 saturated heterocycles. The van der Waals surface area contributed by atoms with Crippen molar-refractivity contribution in [3.63, 3.8) is 0 Å². The zero-order chi connectivity index (χ0) is 8.85. The quantitative estimate of drug-likeness (QED) is 0.539. The first-order valence-corrected chi connectivity index (χ1v) is 3.89. The summed E-state index contributed by atoms with van der Waals surface area (Å²) in [7, 11) is 0. The first-order valence-electron chi connectivity index (χ1n) is 3.89. The van der Waals surface area contributed by atoms with Gasteiger partial charge >= 0.3 is 0 Å². The molecule has 0 aromatic rings. The summed E-state index contributed by atoms with van der Waals surface area (Å²) in [6, 6.07) is 0. The lowest BCUT2D eigenvalue weighted by Gasteiger charge is -1.90. The largest absolute Gasteiger partial charge is 0.404 e. The molecule has 1 aliphatic carbocycles. The van der Waals surface area contributed by atoms with Gasteiger partial charge in [-0.15, -0.1) is 0 Å². The average Bonchev–Trinajstić information content (AvgIpc) is 2.37. The third kappa shape index (κ3) is 2.22. The molecule has 0 radical (unpaired) electrons. The van der Waals surface area contributed by atoms with Crippen LogP contribution in [-0.2, 0) is 4.79 Å². The molecule has 0 atom stereocenters. The van der Waals surface area contributed by atoms with Crippen LogP contribution in [-0.4, -0.2) is 5.78 Å². The molecule has 2 nitrogen and oxygen atoms in total. The van der Waals surface area contributed by atoms with Crippen LogP contribution in [0.15, 0.2) is 23.9 Å². The Morgan fingerprint density at radius 3 is 2.18 bits per heavy atom. The summed E-state index contributed by atoms with van der Waals surface area (Å²) >= 11 is 0. The van der Waals surface area contributed by atoms with E-state index in [1.165, 1.54) is 6.20 Å². The Balaban J connectivity index is 0.000000461. The second-order valence-electron chi connectivity index (χ2n) is 2.09. The van der Waals surface area contributed by atoms with E-state index in [0.29, 0.717) is 12.0 Å². The predicted molar refractivity (Wildman–Crippen MR) is 47.0 cm³/mol. The van der Waals surface area contributed by atoms with Gasteiger partial charge in [0.1, 0.15) is 0 Å². The minimum Gasteiger partial charge on any atom is -0.404 e. The van der Waals surface area contributed by atoms with Crippen molar-refractivity contribution in [2.75, 3.05) is 0 Å². The second kappa shape index (κ2) is 4.72. The number of hydrogen-bond acceptors (Lipinski definition) is 2. The lowest BCUT2D eigenvalue weighted by atomic mass is 10.2. The minimum atomic E-state index is 0.131. The lowest BCUT2D eigenvalue weighted by molar-refractivity contribution is -0.114. The predicted octanol–water partition coefficient (Wildman–Crippen LogP) is 1.77. The summed E-state index contributed by atoms with van der Waals surface area (Å²) in [6.45, 7) is 7.59. The smallest absolute Gasteiger partial charge is 0.162 e. The Morgan fingerprint density at radius 1 is 1.45 bits per heavy atom. The molecule has 0 unspecified atom stereocenters. The van der Waals surface area contributed by atoms with E-state index < -0.39 is 0 Å². The van der Waals surface area contributed by atoms with Gasteiger partial charge in [-0.25, -0.2) is 0 Å². The normalized spacial score (nSPS) is 20.0. The highest BCUT2D eigenvalue weighted by Crippen LogP contribution is 2.24. The van der Waals surface area contributed by atoms with Gasteiger partial charge in [0.2, 0.25) is 0 Å². The summed E-state index contributed by atoms with van der Waals surface area (Å²) < 4.78 is 0. The highest BCUT2D eigenvalue weighted by atomic mass is 16.1. The average molecular weight is 153 g/mol. The number of ketones is 1. The van der Waals surface area contributed by atoms with E-state index in [-0.39, 0.29) is 5.78 Å². The maximum Gasteiger partial charge on any atom is 0.162 e. The summed E-state index contributed by atoms with van der Waals surface area (Å²) in [6.07, 6.45) is 2.82. The minimum absolute atomic E-state index is 0.131. The van der Waals surface area contributed by atoms with E-state index in [9.17, 15) is 4.79 Å². The van der Waals surface area contributed by atoms with Gasteiger partial charge in [-0.2, -0.15) is 0 Å². The molecule has 0 amide bonds. The molecule has 0 bridgehead atoms. The maximum atomic E-state index is 10.7. The zero-order valence-corrected chi connectivity index (χ0v) is 7.18. The van der Waals surface area contributed by atoms with Crippen molar-refractivity contribution in [1.82, 2.24) is 0 Å². The van der Waals surface area contributed by atoms with Crippen LogP contribution in [0.2, 0.25) is 0 Å². The van der Waals surface area contributed by atoms with Crippen molar-refractivity contribution in [2.45, 2.75) is 26.7 Å². The van der Waals surface area contributed by atoms with Crippen LogP contribution in [0.25, 0.3) is 0 Å². The van der Waals surface area contributed by atoms with Crippen LogP contribution >= 0.6 is 0 Å². The van der Waals surface area contributed by atoms with Crippen LogP contribution < -0.4 is 5.73 Å². The van der Waals surface area contributed by atoms with Crippen LogP contribution in [0.5, 0.6) is 0 Å². The molecular weight excluding hydrogens is 138 g/mol. The Morgan fingerprint density at radius 2 is 2.00 bits per heavy atom. The lowest BCUT2D eigenvalue weighted by Crippen LogP contribution is -1.91. The molecule has 0 aromatic carbocycles. The first kappa shape index (κ1) is 9.95. The molecule has 0 aliphatic heterocycles. The molecule has 62 valence electrons. The third-order valence-electron chi connectivity index (χ3n) is 1.55. The Labute approximate surface area is 67.8 Å². The highest BCUT2D eigenvalue weighted by molar-refractivity contribution is 6.02. The fourth-order valence-corrected chi connectivity index (χ4v) is 0.913. The van der Waals surface area contributed by atoms with E-state index >= 15 is 0 Å². The molecule has 2 heteroatoms. The van der Waals surface area contributed by atoms with Crippen molar-refractivity contribution >= 4 is 5.78 Å². The fourth-order valence-electron chi connectivity index (χ4n) is 0.913. The van der Waals surface area contributed by atoms with E-state index in [2.05, 4.69) is 6.58 Å². The molecular formula is C9H15NO. The Kier molecular flexibility index (Phi) is 4.27. The Hall–Kier alpha value is -1.05. The SMILES string of the molecule is C=C1C(=O)CC/C1=C/N.CC. The van der Waals surface area contributed by atoms with Gasteiger partial charge in [-0.3, -0.25) is 4.79 Å². The summed E-state index contributed by atoms with van der Waals surface area (Å²) in [4.78, 5) is 10.7. The van der Waals surface area contributed by atoms with Gasteiger partial charge in [0.25, 0.3) is 0 Å². The number of rotatable bonds is 0. The molecule has 1 aliphatic rings. The standard InChI is InChI=1S/C7H9NO.C2H6/c1-5-6(4-8)2-3-7(5)9;1-2/h4H,1-3,8H2;1-2H3/b6-4-;. The monoisotopic (exact) mass is 153 g/mol. The van der Waals surface area contributed by atoms with E-state index in [1.54, 1.807) is 0 Å². The van der Waals surface area contributed by atoms with Crippen molar-refractivity contribution in [3.05, 3.63) is 23.9 Å². The number of carbonyl (C=O) groups excluding carboxylic acids is 1. The molecule has 0 heterocycles. The van der Waals surface area contributed by atoms with Gasteiger partial charge in [-0.05, 0) is 18.2 Å². The molecule has 1 rings (SSSR count). The highest BCUT2D eigenvalue weighted by Gasteiger charge is 2.19. The molecule has 1 saturated carbocycles. The molecule has 2 N–H and O–H groups in total. The van der Waals surface area contributed by atoms with Gasteiger partial charge in [0.15, 0.2) is 5.78 Å². The number of hydrogen-bond donors (Lipinski definition) is 1. The van der Waals surface area contributed by atoms with Crippen molar-refractivity contribution < 1.29 is 4.79 Å². The topological polar surface area (TPSA) is 43.1 Å². The summed E-state index contributed by atoms with van der Waals surface area (Å²) in [5.74, 6) is 0.131. The van der Waals surface area contributed by atoms with Crippen molar-refractivity contribution in [3.8, 4) is 0 Å². The van der Waals surface area contributed by atoms with Crippen LogP contribution in [0.3, 0.4) is 0 Å². The number of nitrogens with two attached hydrogens (primary N) is 1. The zero-order valence-electron chi connectivity index (χ0n) is 7.18. The number of allylic oxidation sites excluding steroid dienone is 2. The maximum absolute atomic E-state index is 10.7. The number of Topliss-reactive ketones (excluding diaryl/α,β-unsaturated/α-hetero) is 1. The van der Waals surface area contributed by atoms with Crippen LogP contribution in [0.1, 0.15) is 26.7 Å². The molecule has 1 fully saturated rings. The molecule has 0 aromatic heterocycles. The van der Waals surface area contributed by atoms with Gasteiger partial charge < -0.3 is 5.73 Å². The first-order chi connectivity index (χ1) is 5.25. The van der Waals surface area contributed by atoms with Gasteiger partial charge in [-0.1, -0.05) is 20.4 Å². The van der Waals surface area contributed by atoms with Gasteiger partial charge in [0.05, 0.1) is 0 Å². The van der Waals surface area contributed by atoms with Gasteiger partial charge in [0, 0.05) is 12.0 Å². The Bertz CT molecular complexity index is 192. The third-order valence-corrected chi connectivity index (χ3v) is 1.55. The van der Waals surface area contributed by atoms with E-state index in [1.807, 2.05) is 13.8 Å². The van der Waals surface area contributed by atoms with Crippen molar-refractivity contribution in [2.24, 2.45) is 5.73 Å². The van der Waals surface area contributed by atoms with E-state index in [0.717, 1.165) is 12.0 Å². The second-order valence-corrected chi connectivity index (χ2v) is 2.09. The molecule has 11 heavy (non-hydrogen) atoms. The summed E-state index contributed by atoms with van der Waals surface area (Å²) in [5, 5.41) is 0. The van der Waals surface area contributed by atoms with Crippen LogP contribution in [0.4, 0.5) is 0 Å². The molecule has 0 spiro atoms. The van der Waals surface area contributed by atoms with Crippen molar-refractivity contribution in [1.29, 1.82) is 0 Å². The van der Waals surface area contributed by atoms with E-state index in [4.69, 9.17) is 5.73 Å². The summed E-state index contributed by atoms with van der Waals surface area (Å²) in [5.41, 5.74) is 6.71. The number of carbonyl (C=O) groups is 1. The van der Waals surface area contributed by atoms with Crippen LogP contribution in [0, 0.1) is 0 Å². The fraction of sp³-hybridized carbons (Fsp3) is 0.444.